The monoisotopic (exact) mass is 1150 g/mol. The molecule has 20 heteroatoms. The van der Waals surface area contributed by atoms with Crippen molar-refractivity contribution in [3.05, 3.63) is 117 Å². The van der Waals surface area contributed by atoms with Crippen molar-refractivity contribution in [2.45, 2.75) is 90.9 Å². The van der Waals surface area contributed by atoms with E-state index < -0.39 is 0 Å². The van der Waals surface area contributed by atoms with Crippen LogP contribution in [-0.4, -0.2) is 16.6 Å². The first-order chi connectivity index (χ1) is 31.9. The third-order valence-corrected chi connectivity index (χ3v) is 33.9. The Kier molecular flexibility index (Phi) is 20.9. The lowest BCUT2D eigenvalue weighted by molar-refractivity contribution is 0.707. The topological polar surface area (TPSA) is 95.2 Å². The lowest BCUT2D eigenvalue weighted by atomic mass is 9.95. The zero-order chi connectivity index (χ0) is 45.1. The van der Waals surface area contributed by atoms with Crippen LogP contribution in [-0.2, 0) is 0 Å². The smallest absolute Gasteiger partial charge is 0.132 e. The zero-order valence-corrected chi connectivity index (χ0v) is 48.3. The first kappa shape index (κ1) is 51.8. The van der Waals surface area contributed by atoms with Gasteiger partial charge < -0.3 is 0 Å². The highest BCUT2D eigenvalue weighted by Gasteiger charge is 2.38. The Bertz CT molecular complexity index is 2300. The van der Waals surface area contributed by atoms with Gasteiger partial charge in [-0.25, -0.2) is 0 Å². The van der Waals surface area contributed by atoms with E-state index in [1.54, 1.807) is 0 Å². The second kappa shape index (κ2) is 26.2. The van der Waals surface area contributed by atoms with Crippen molar-refractivity contribution in [3.63, 3.8) is 0 Å². The Morgan fingerprint density at radius 1 is 0.400 bits per heavy atom. The maximum absolute atomic E-state index is 9.32. The summed E-state index contributed by atoms with van der Waals surface area (Å²) in [5, 5.41) is 38.3. The molecule has 0 atom stereocenters. The number of nitrogens with zero attached hydrogens (tertiary/aromatic N) is 4. The summed E-state index contributed by atoms with van der Waals surface area (Å²) in [5.74, 6) is 2.34. The maximum atomic E-state index is 9.32. The maximum Gasteiger partial charge on any atom is 0.132 e. The number of unbranched alkanes of at least 4 members (excludes halogenated alkanes) is 6. The molecule has 336 valence electrons. The number of nitriles is 4. The molecule has 0 bridgehead atoms. The van der Waals surface area contributed by atoms with E-state index in [0.29, 0.717) is 0 Å². The normalized spacial score (nSPS) is 20.6. The lowest BCUT2D eigenvalue weighted by Crippen LogP contribution is -1.95. The molecule has 0 aromatic heterocycles. The van der Waals surface area contributed by atoms with E-state index in [1.807, 2.05) is 201 Å². The van der Waals surface area contributed by atoms with Crippen LogP contribution in [0.2, 0.25) is 0 Å². The second-order valence-corrected chi connectivity index (χ2v) is 34.9. The lowest BCUT2D eigenvalue weighted by Gasteiger charge is -2.14. The molecule has 65 heavy (non-hydrogen) atoms. The quantitative estimate of drug-likeness (QED) is 0.0832. The van der Waals surface area contributed by atoms with Gasteiger partial charge in [-0.05, 0) is 72.3 Å². The van der Waals surface area contributed by atoms with Gasteiger partial charge in [0.15, 0.2) is 0 Å². The van der Waals surface area contributed by atoms with Gasteiger partial charge in [-0.1, -0.05) is 218 Å². The molecule has 0 unspecified atom stereocenters. The molecule has 0 fully saturated rings. The third-order valence-electron chi connectivity index (χ3n) is 9.98. The van der Waals surface area contributed by atoms with Gasteiger partial charge in [0.25, 0.3) is 0 Å². The molecule has 0 radical (unpaired) electrons. The first-order valence-corrected chi connectivity index (χ1v) is 34.7. The molecule has 0 N–H and O–H groups in total. The molecule has 0 aromatic carbocycles. The molecular formula is C45H40N4S16. The minimum absolute atomic E-state index is 0.232. The summed E-state index contributed by atoms with van der Waals surface area (Å²) in [5.41, 5.74) is 4.78. The molecule has 8 aliphatic rings. The van der Waals surface area contributed by atoms with Gasteiger partial charge in [-0.15, -0.1) is 47.0 Å². The van der Waals surface area contributed by atoms with E-state index in [-0.39, 0.29) is 11.1 Å². The van der Waals surface area contributed by atoms with Crippen molar-refractivity contribution >= 4 is 188 Å². The standard InChI is InChI=1S/C45H40N4S16/c1-3-5-7-9-19-50-34-36(60-42(58-34)44-62-38-39(63-44)55-32(54-38)28-15-11-26(12-16-28)30(21-46)22-47)52-25-53-37-35(51-20-10-8-6-4-2)59-43(61-37)45-64-40-41(65-45)57-33(56-40)29-17-13-27(14-18-29)31(23-48)24-49/h11,13,15,17H,3-10,12,14,16,18-20,25H2,1-2H3. The van der Waals surface area contributed by atoms with E-state index in [2.05, 4.69) is 49.5 Å². The molecule has 0 aromatic rings. The van der Waals surface area contributed by atoms with Crippen molar-refractivity contribution in [1.29, 1.82) is 21.0 Å². The van der Waals surface area contributed by atoms with E-state index >= 15 is 0 Å². The Balaban J connectivity index is 0.899. The highest BCUT2D eigenvalue weighted by Crippen LogP contribution is 2.73. The van der Waals surface area contributed by atoms with Gasteiger partial charge in [0.2, 0.25) is 0 Å². The number of hydrogen-bond acceptors (Lipinski definition) is 20. The average molecular weight is 1150 g/mol. The largest absolute Gasteiger partial charge is 0.192 e. The van der Waals surface area contributed by atoms with Crippen LogP contribution in [0.1, 0.15) is 90.9 Å². The highest BCUT2D eigenvalue weighted by atomic mass is 32.3. The van der Waals surface area contributed by atoms with Crippen molar-refractivity contribution in [2.24, 2.45) is 0 Å². The summed E-state index contributed by atoms with van der Waals surface area (Å²) >= 11 is 31.5. The third kappa shape index (κ3) is 13.5. The Labute approximate surface area is 452 Å². The minimum Gasteiger partial charge on any atom is -0.192 e. The SMILES string of the molecule is CCCCCCSC1=C(SCSC2=C(SCCCCCC)SC(=C3SC4=C(SC(=C5C=CC(=C(C#N)C#N)CC5)S4)S3)S2)SC(=C2SC3=C(SC(=C4C=CC(=C(C#N)C#N)CC4)S3)S2)S1. The van der Waals surface area contributed by atoms with E-state index in [9.17, 15) is 21.0 Å². The fraction of sp³-hybridized carbons (Fsp3) is 0.378. The molecule has 6 aliphatic heterocycles. The van der Waals surface area contributed by atoms with Crippen LogP contribution in [0.5, 0.6) is 0 Å². The zero-order valence-electron chi connectivity index (χ0n) is 35.2. The van der Waals surface area contributed by atoms with Crippen LogP contribution >= 0.6 is 188 Å². The van der Waals surface area contributed by atoms with Crippen LogP contribution in [0.3, 0.4) is 0 Å². The van der Waals surface area contributed by atoms with Crippen LogP contribution in [0.4, 0.5) is 0 Å². The molecule has 8 rings (SSSR count). The van der Waals surface area contributed by atoms with Crippen LogP contribution in [0.15, 0.2) is 117 Å². The van der Waals surface area contributed by atoms with Crippen LogP contribution < -0.4 is 0 Å². The van der Waals surface area contributed by atoms with Gasteiger partial charge in [0.1, 0.15) is 35.4 Å². The molecule has 2 aliphatic carbocycles. The van der Waals surface area contributed by atoms with E-state index in [0.717, 1.165) is 41.9 Å². The van der Waals surface area contributed by atoms with Gasteiger partial charge >= 0.3 is 0 Å². The minimum atomic E-state index is 0.232. The summed E-state index contributed by atoms with van der Waals surface area (Å²) in [6.07, 6.45) is 21.6. The fourth-order valence-electron chi connectivity index (χ4n) is 6.56. The molecule has 0 amide bonds. The van der Waals surface area contributed by atoms with Crippen LogP contribution in [0.25, 0.3) is 0 Å². The second-order valence-electron chi connectivity index (χ2n) is 14.4. The molecule has 6 heterocycles. The summed E-state index contributed by atoms with van der Waals surface area (Å²) in [6.45, 7) is 4.57. The van der Waals surface area contributed by atoms with Gasteiger partial charge in [-0.2, -0.15) is 21.0 Å². The fourth-order valence-corrected chi connectivity index (χ4v) is 32.4. The number of allylic oxidation sites excluding steroid dienone is 10. The predicted octanol–water partition coefficient (Wildman–Crippen LogP) is 20.5. The van der Waals surface area contributed by atoms with E-state index in [1.165, 1.54) is 133 Å². The number of hydrogen-bond donors (Lipinski definition) is 0. The first-order valence-electron chi connectivity index (χ1n) is 20.9. The van der Waals surface area contributed by atoms with Crippen molar-refractivity contribution in [2.75, 3.05) is 16.6 Å². The van der Waals surface area contributed by atoms with Crippen molar-refractivity contribution in [1.82, 2.24) is 0 Å². The Morgan fingerprint density at radius 2 is 0.723 bits per heavy atom. The van der Waals surface area contributed by atoms with E-state index in [4.69, 9.17) is 0 Å². The van der Waals surface area contributed by atoms with Crippen LogP contribution in [0, 0.1) is 45.3 Å². The van der Waals surface area contributed by atoms with Gasteiger partial charge in [-0.3, -0.25) is 0 Å². The Hall–Kier alpha value is 0.440. The molecule has 0 spiro atoms. The molecule has 4 nitrogen and oxygen atoms in total. The summed E-state index contributed by atoms with van der Waals surface area (Å²) in [7, 11) is 0. The predicted molar refractivity (Wildman–Crippen MR) is 314 cm³/mol. The summed E-state index contributed by atoms with van der Waals surface area (Å²) < 4.78 is 19.8. The van der Waals surface area contributed by atoms with Gasteiger partial charge in [0, 0.05) is 5.08 Å². The number of rotatable bonds is 16. The molecule has 0 saturated carbocycles. The average Bonchev–Trinajstić information content (AvgIpc) is 4.19. The van der Waals surface area contributed by atoms with Gasteiger partial charge in [0.05, 0.1) is 59.3 Å². The van der Waals surface area contributed by atoms with Crippen molar-refractivity contribution in [3.8, 4) is 24.3 Å². The summed E-state index contributed by atoms with van der Waals surface area (Å²) in [6, 6.07) is 8.19. The van der Waals surface area contributed by atoms with Crippen molar-refractivity contribution < 1.29 is 0 Å². The highest BCUT2D eigenvalue weighted by molar-refractivity contribution is 8.51. The molecular weight excluding hydrogens is 1110 g/mol. The summed E-state index contributed by atoms with van der Waals surface area (Å²) in [4.78, 5) is 0. The Morgan fingerprint density at radius 3 is 1.03 bits per heavy atom. The number of thioether (sulfide) groups is 16. The molecule has 0 saturated heterocycles.